The van der Waals surface area contributed by atoms with Crippen molar-refractivity contribution in [2.45, 2.75) is 27.4 Å². The van der Waals surface area contributed by atoms with E-state index in [9.17, 15) is 14.4 Å². The number of hydrogen-bond acceptors (Lipinski definition) is 6. The lowest BCUT2D eigenvalue weighted by molar-refractivity contribution is -0.122. The first-order valence-electron chi connectivity index (χ1n) is 11.9. The molecule has 0 atom stereocenters. The maximum absolute atomic E-state index is 13.2. The van der Waals surface area contributed by atoms with Crippen LogP contribution >= 0.6 is 11.6 Å². The van der Waals surface area contributed by atoms with Gasteiger partial charge in [-0.2, -0.15) is 0 Å². The molecule has 0 saturated carbocycles. The molecule has 3 aromatic carbocycles. The largest absolute Gasteiger partial charge is 0.494 e. The van der Waals surface area contributed by atoms with Gasteiger partial charge < -0.3 is 14.2 Å². The van der Waals surface area contributed by atoms with Crippen LogP contribution in [0.3, 0.4) is 0 Å². The smallest absolute Gasteiger partial charge is 0.335 e. The number of hydrogen-bond donors (Lipinski definition) is 1. The van der Waals surface area contributed by atoms with Crippen molar-refractivity contribution in [2.24, 2.45) is 0 Å². The SMILES string of the molecule is CCOc1ccc(N2C(=O)NC(=O)/C(=C\c3cc(Cl)c(OCc4cc(C)cc(C)c4)c(OC)c3)C2=O)cc1. The zero-order valence-electron chi connectivity index (χ0n) is 21.5. The maximum atomic E-state index is 13.2. The molecule has 1 fully saturated rings. The Kier molecular flexibility index (Phi) is 8.02. The number of barbiturate groups is 1. The summed E-state index contributed by atoms with van der Waals surface area (Å²) in [6, 6.07) is 14.9. The summed E-state index contributed by atoms with van der Waals surface area (Å²) < 4.78 is 16.9. The van der Waals surface area contributed by atoms with E-state index in [0.29, 0.717) is 35.1 Å². The third-order valence-corrected chi connectivity index (χ3v) is 6.02. The summed E-state index contributed by atoms with van der Waals surface area (Å²) in [6.45, 7) is 6.63. The third kappa shape index (κ3) is 5.81. The highest BCUT2D eigenvalue weighted by Gasteiger charge is 2.37. The molecule has 4 rings (SSSR count). The first kappa shape index (κ1) is 26.8. The molecule has 1 aliphatic heterocycles. The van der Waals surface area contributed by atoms with Gasteiger partial charge in [0.25, 0.3) is 11.8 Å². The standard InChI is InChI=1S/C29H27ClN2O6/c1-5-37-22-8-6-21(7-9-22)32-28(34)23(27(33)31-29(32)35)13-19-14-24(30)26(25(15-19)36-4)38-16-20-11-17(2)10-18(3)12-20/h6-15H,5,16H2,1-4H3,(H,31,33,35)/b23-13+. The van der Waals surface area contributed by atoms with Gasteiger partial charge in [-0.1, -0.05) is 40.9 Å². The van der Waals surface area contributed by atoms with Crippen LogP contribution in [0.5, 0.6) is 17.2 Å². The van der Waals surface area contributed by atoms with Gasteiger partial charge in [-0.15, -0.1) is 0 Å². The number of anilines is 1. The first-order valence-corrected chi connectivity index (χ1v) is 12.3. The van der Waals surface area contributed by atoms with E-state index in [-0.39, 0.29) is 17.2 Å². The average Bonchev–Trinajstić information content (AvgIpc) is 2.86. The number of carbonyl (C=O) groups excluding carboxylic acids is 3. The van der Waals surface area contributed by atoms with Gasteiger partial charge in [0, 0.05) is 0 Å². The molecular weight excluding hydrogens is 508 g/mol. The average molecular weight is 535 g/mol. The van der Waals surface area contributed by atoms with Crippen LogP contribution in [-0.4, -0.2) is 31.6 Å². The van der Waals surface area contributed by atoms with Gasteiger partial charge in [0.05, 0.1) is 24.4 Å². The molecule has 4 amide bonds. The molecule has 1 N–H and O–H groups in total. The second kappa shape index (κ2) is 11.4. The molecule has 1 aliphatic rings. The molecule has 1 heterocycles. The second-order valence-electron chi connectivity index (χ2n) is 8.70. The minimum absolute atomic E-state index is 0.236. The molecule has 38 heavy (non-hydrogen) atoms. The molecule has 8 nitrogen and oxygen atoms in total. The highest BCUT2D eigenvalue weighted by Crippen LogP contribution is 2.38. The lowest BCUT2D eigenvalue weighted by Gasteiger charge is -2.26. The summed E-state index contributed by atoms with van der Waals surface area (Å²) in [4.78, 5) is 39.2. The minimum Gasteiger partial charge on any atom is -0.494 e. The van der Waals surface area contributed by atoms with Crippen molar-refractivity contribution in [3.8, 4) is 17.2 Å². The fraction of sp³-hybridized carbons (Fsp3) is 0.207. The van der Waals surface area contributed by atoms with E-state index in [0.717, 1.165) is 21.6 Å². The number of nitrogens with one attached hydrogen (secondary N) is 1. The zero-order valence-corrected chi connectivity index (χ0v) is 22.2. The molecule has 0 unspecified atom stereocenters. The van der Waals surface area contributed by atoms with Gasteiger partial charge in [-0.05, 0) is 74.4 Å². The summed E-state index contributed by atoms with van der Waals surface area (Å²) in [5.41, 5.74) is 3.70. The number of imide groups is 2. The van der Waals surface area contributed by atoms with Crippen LogP contribution in [0.4, 0.5) is 10.5 Å². The normalized spacial score (nSPS) is 14.5. The summed E-state index contributed by atoms with van der Waals surface area (Å²) >= 11 is 6.52. The fourth-order valence-electron chi connectivity index (χ4n) is 4.19. The first-order chi connectivity index (χ1) is 18.2. The molecule has 1 saturated heterocycles. The van der Waals surface area contributed by atoms with Gasteiger partial charge in [0.1, 0.15) is 17.9 Å². The number of halogens is 1. The molecule has 0 bridgehead atoms. The Balaban J connectivity index is 1.61. The summed E-state index contributed by atoms with van der Waals surface area (Å²) in [6.07, 6.45) is 1.35. The van der Waals surface area contributed by atoms with Crippen LogP contribution in [-0.2, 0) is 16.2 Å². The van der Waals surface area contributed by atoms with Gasteiger partial charge in [0.2, 0.25) is 0 Å². The van der Waals surface area contributed by atoms with E-state index in [1.54, 1.807) is 36.4 Å². The topological polar surface area (TPSA) is 94.2 Å². The number of benzene rings is 3. The molecule has 196 valence electrons. The Morgan fingerprint density at radius 2 is 1.63 bits per heavy atom. The van der Waals surface area contributed by atoms with Crippen molar-refractivity contribution < 1.29 is 28.6 Å². The monoisotopic (exact) mass is 534 g/mol. The molecule has 0 radical (unpaired) electrons. The lowest BCUT2D eigenvalue weighted by Crippen LogP contribution is -2.54. The van der Waals surface area contributed by atoms with Crippen molar-refractivity contribution >= 4 is 41.2 Å². The number of ether oxygens (including phenoxy) is 3. The predicted molar refractivity (Wildman–Crippen MR) is 145 cm³/mol. The van der Waals surface area contributed by atoms with Crippen LogP contribution in [0.25, 0.3) is 6.08 Å². The number of carbonyl (C=O) groups is 3. The van der Waals surface area contributed by atoms with E-state index >= 15 is 0 Å². The van der Waals surface area contributed by atoms with Crippen LogP contribution in [0.2, 0.25) is 5.02 Å². The van der Waals surface area contributed by atoms with E-state index in [1.807, 2.05) is 32.9 Å². The number of methoxy groups -OCH3 is 1. The molecular formula is C29H27ClN2O6. The number of urea groups is 1. The van der Waals surface area contributed by atoms with Crippen molar-refractivity contribution in [3.05, 3.63) is 87.4 Å². The lowest BCUT2D eigenvalue weighted by atomic mass is 10.1. The highest BCUT2D eigenvalue weighted by molar-refractivity contribution is 6.39. The van der Waals surface area contributed by atoms with Gasteiger partial charge >= 0.3 is 6.03 Å². The highest BCUT2D eigenvalue weighted by atomic mass is 35.5. The molecule has 0 spiro atoms. The Morgan fingerprint density at radius 1 is 0.947 bits per heavy atom. The maximum Gasteiger partial charge on any atom is 0.335 e. The molecule has 0 aromatic heterocycles. The number of rotatable bonds is 8. The van der Waals surface area contributed by atoms with Crippen LogP contribution < -0.4 is 24.4 Å². The summed E-state index contributed by atoms with van der Waals surface area (Å²) in [5.74, 6) is -0.326. The van der Waals surface area contributed by atoms with Crippen molar-refractivity contribution in [1.29, 1.82) is 0 Å². The summed E-state index contributed by atoms with van der Waals surface area (Å²) in [7, 11) is 1.47. The molecule has 0 aliphatic carbocycles. The van der Waals surface area contributed by atoms with Crippen molar-refractivity contribution in [1.82, 2.24) is 5.32 Å². The Hall–Kier alpha value is -4.30. The van der Waals surface area contributed by atoms with Crippen LogP contribution in [0.1, 0.15) is 29.2 Å². The van der Waals surface area contributed by atoms with Crippen LogP contribution in [0, 0.1) is 13.8 Å². The van der Waals surface area contributed by atoms with E-state index in [1.165, 1.54) is 13.2 Å². The number of nitrogens with zero attached hydrogens (tertiary/aromatic N) is 1. The molecule has 9 heteroatoms. The minimum atomic E-state index is -0.841. The zero-order chi connectivity index (χ0) is 27.4. The van der Waals surface area contributed by atoms with E-state index in [4.69, 9.17) is 25.8 Å². The Bertz CT molecular complexity index is 1410. The van der Waals surface area contributed by atoms with Crippen molar-refractivity contribution in [2.75, 3.05) is 18.6 Å². The predicted octanol–water partition coefficient (Wildman–Crippen LogP) is 5.61. The Labute approximate surface area is 225 Å². The fourth-order valence-corrected chi connectivity index (χ4v) is 4.46. The third-order valence-electron chi connectivity index (χ3n) is 5.74. The van der Waals surface area contributed by atoms with Crippen LogP contribution in [0.15, 0.2) is 60.2 Å². The van der Waals surface area contributed by atoms with Gasteiger partial charge in [-0.3, -0.25) is 14.9 Å². The van der Waals surface area contributed by atoms with E-state index < -0.39 is 17.8 Å². The number of amides is 4. The Morgan fingerprint density at radius 3 is 2.26 bits per heavy atom. The number of aryl methyl sites for hydroxylation is 2. The quantitative estimate of drug-likeness (QED) is 0.298. The van der Waals surface area contributed by atoms with Gasteiger partial charge in [-0.25, -0.2) is 9.69 Å². The van der Waals surface area contributed by atoms with Crippen molar-refractivity contribution in [3.63, 3.8) is 0 Å². The van der Waals surface area contributed by atoms with Gasteiger partial charge in [0.15, 0.2) is 11.5 Å². The summed E-state index contributed by atoms with van der Waals surface area (Å²) in [5, 5.41) is 2.45. The second-order valence-corrected chi connectivity index (χ2v) is 9.11. The van der Waals surface area contributed by atoms with E-state index in [2.05, 4.69) is 11.4 Å². The molecule has 3 aromatic rings.